The maximum atomic E-state index is 13.6. The van der Waals surface area contributed by atoms with E-state index in [0.717, 1.165) is 10.0 Å². The molecule has 0 bridgehead atoms. The Morgan fingerprint density at radius 2 is 1.95 bits per heavy atom. The van der Waals surface area contributed by atoms with E-state index in [0.29, 0.717) is 22.9 Å². The first kappa shape index (κ1) is 15.1. The molecule has 0 aliphatic rings. The minimum absolute atomic E-state index is 0.127. The van der Waals surface area contributed by atoms with Gasteiger partial charge in [0.15, 0.2) is 0 Å². The Kier molecular flexibility index (Phi) is 5.26. The number of halogens is 3. The first-order chi connectivity index (χ1) is 9.63. The predicted octanol–water partition coefficient (Wildman–Crippen LogP) is 4.91. The summed E-state index contributed by atoms with van der Waals surface area (Å²) in [5.41, 5.74) is 1.31. The topological polar surface area (TPSA) is 18.5 Å². The predicted molar refractivity (Wildman–Crippen MR) is 81.0 cm³/mol. The molecule has 0 atom stereocenters. The number of benzene rings is 2. The first-order valence-electron chi connectivity index (χ1n) is 5.93. The molecule has 0 aromatic heterocycles. The molecule has 0 fully saturated rings. The van der Waals surface area contributed by atoms with Crippen molar-refractivity contribution in [3.05, 3.63) is 57.8 Å². The van der Waals surface area contributed by atoms with Gasteiger partial charge in [0.2, 0.25) is 0 Å². The lowest BCUT2D eigenvalue weighted by atomic mass is 10.2. The maximum Gasteiger partial charge on any atom is 0.129 e. The van der Waals surface area contributed by atoms with Crippen LogP contribution in [0.1, 0.15) is 11.1 Å². The summed E-state index contributed by atoms with van der Waals surface area (Å²) in [6.07, 6.45) is 0. The molecule has 0 heterocycles. The van der Waals surface area contributed by atoms with Gasteiger partial charge in [0.1, 0.15) is 23.9 Å². The van der Waals surface area contributed by atoms with Gasteiger partial charge in [-0.05, 0) is 24.3 Å². The smallest absolute Gasteiger partial charge is 0.129 e. The fourth-order valence-electron chi connectivity index (χ4n) is 1.72. The zero-order valence-corrected chi connectivity index (χ0v) is 13.2. The van der Waals surface area contributed by atoms with E-state index < -0.39 is 0 Å². The van der Waals surface area contributed by atoms with Crippen LogP contribution in [0.4, 0.5) is 4.39 Å². The molecule has 0 spiro atoms. The molecule has 0 unspecified atom stereocenters. The average Bonchev–Trinajstić information content (AvgIpc) is 2.47. The molecule has 20 heavy (non-hydrogen) atoms. The SMILES string of the molecule is COc1ccc(CCl)c(OCc2cc(Br)ccc2F)c1. The van der Waals surface area contributed by atoms with Crippen LogP contribution in [0.3, 0.4) is 0 Å². The summed E-state index contributed by atoms with van der Waals surface area (Å²) < 4.78 is 25.3. The van der Waals surface area contributed by atoms with E-state index in [1.807, 2.05) is 12.1 Å². The van der Waals surface area contributed by atoms with Crippen LogP contribution < -0.4 is 9.47 Å². The monoisotopic (exact) mass is 358 g/mol. The number of methoxy groups -OCH3 is 1. The van der Waals surface area contributed by atoms with Crippen LogP contribution in [-0.4, -0.2) is 7.11 Å². The summed E-state index contributed by atoms with van der Waals surface area (Å²) in [5, 5.41) is 0. The quantitative estimate of drug-likeness (QED) is 0.706. The van der Waals surface area contributed by atoms with Crippen LogP contribution in [0.15, 0.2) is 40.9 Å². The molecule has 0 aliphatic carbocycles. The molecule has 0 N–H and O–H groups in total. The van der Waals surface area contributed by atoms with E-state index in [9.17, 15) is 4.39 Å². The van der Waals surface area contributed by atoms with E-state index in [2.05, 4.69) is 15.9 Å². The Labute approximate surface area is 130 Å². The Balaban J connectivity index is 2.19. The van der Waals surface area contributed by atoms with Crippen molar-refractivity contribution in [2.75, 3.05) is 7.11 Å². The molecular formula is C15H13BrClFO2. The lowest BCUT2D eigenvalue weighted by molar-refractivity contribution is 0.295. The van der Waals surface area contributed by atoms with Crippen LogP contribution in [0.5, 0.6) is 11.5 Å². The summed E-state index contributed by atoms with van der Waals surface area (Å²) in [4.78, 5) is 0. The largest absolute Gasteiger partial charge is 0.497 e. The van der Waals surface area contributed by atoms with Crippen LogP contribution in [0.25, 0.3) is 0 Å². The molecule has 0 saturated heterocycles. The van der Waals surface area contributed by atoms with Crippen molar-refractivity contribution < 1.29 is 13.9 Å². The molecule has 2 aromatic carbocycles. The minimum atomic E-state index is -0.302. The van der Waals surface area contributed by atoms with Crippen molar-refractivity contribution in [2.24, 2.45) is 0 Å². The molecule has 106 valence electrons. The third-order valence-corrected chi connectivity index (χ3v) is 3.59. The van der Waals surface area contributed by atoms with E-state index in [1.165, 1.54) is 6.07 Å². The van der Waals surface area contributed by atoms with Gasteiger partial charge in [0.05, 0.1) is 13.0 Å². The second-order valence-electron chi connectivity index (χ2n) is 4.13. The van der Waals surface area contributed by atoms with Crippen molar-refractivity contribution >= 4 is 27.5 Å². The van der Waals surface area contributed by atoms with E-state index in [1.54, 1.807) is 25.3 Å². The first-order valence-corrected chi connectivity index (χ1v) is 7.26. The molecule has 0 aliphatic heterocycles. The molecule has 5 heteroatoms. The van der Waals surface area contributed by atoms with Gasteiger partial charge in [-0.3, -0.25) is 0 Å². The highest BCUT2D eigenvalue weighted by atomic mass is 79.9. The summed E-state index contributed by atoms with van der Waals surface area (Å²) >= 11 is 9.17. The Morgan fingerprint density at radius 1 is 1.15 bits per heavy atom. The Morgan fingerprint density at radius 3 is 2.65 bits per heavy atom. The molecular weight excluding hydrogens is 347 g/mol. The minimum Gasteiger partial charge on any atom is -0.497 e. The highest BCUT2D eigenvalue weighted by molar-refractivity contribution is 9.10. The highest BCUT2D eigenvalue weighted by Crippen LogP contribution is 2.27. The van der Waals surface area contributed by atoms with Gasteiger partial charge >= 0.3 is 0 Å². The number of hydrogen-bond acceptors (Lipinski definition) is 2. The standard InChI is InChI=1S/C15H13BrClFO2/c1-19-13-4-2-10(8-17)15(7-13)20-9-11-6-12(16)3-5-14(11)18/h2-7H,8-9H2,1H3. The second-order valence-corrected chi connectivity index (χ2v) is 5.31. The normalized spacial score (nSPS) is 10.4. The summed E-state index contributed by atoms with van der Waals surface area (Å²) in [5.74, 6) is 1.28. The Bertz CT molecular complexity index is 604. The highest BCUT2D eigenvalue weighted by Gasteiger charge is 2.08. The average molecular weight is 360 g/mol. The van der Waals surface area contributed by atoms with E-state index >= 15 is 0 Å². The van der Waals surface area contributed by atoms with Gasteiger partial charge in [-0.2, -0.15) is 0 Å². The second kappa shape index (κ2) is 6.95. The molecule has 0 radical (unpaired) electrons. The summed E-state index contributed by atoms with van der Waals surface area (Å²) in [6, 6.07) is 10.1. The molecule has 2 rings (SSSR count). The summed E-state index contributed by atoms with van der Waals surface area (Å²) in [7, 11) is 1.58. The third-order valence-electron chi connectivity index (χ3n) is 2.81. The third kappa shape index (κ3) is 3.64. The summed E-state index contributed by atoms with van der Waals surface area (Å²) in [6.45, 7) is 0.127. The van der Waals surface area contributed by atoms with Crippen LogP contribution in [-0.2, 0) is 12.5 Å². The molecule has 0 saturated carbocycles. The van der Waals surface area contributed by atoms with Crippen molar-refractivity contribution in [2.45, 2.75) is 12.5 Å². The number of ether oxygens (including phenoxy) is 2. The van der Waals surface area contributed by atoms with Crippen molar-refractivity contribution in [3.63, 3.8) is 0 Å². The fraction of sp³-hybridized carbons (Fsp3) is 0.200. The van der Waals surface area contributed by atoms with Gasteiger partial charge in [-0.25, -0.2) is 4.39 Å². The molecule has 2 aromatic rings. The van der Waals surface area contributed by atoms with Crippen LogP contribution in [0, 0.1) is 5.82 Å². The van der Waals surface area contributed by atoms with E-state index in [4.69, 9.17) is 21.1 Å². The molecule has 0 amide bonds. The van der Waals surface area contributed by atoms with Gasteiger partial charge in [0, 0.05) is 21.7 Å². The van der Waals surface area contributed by atoms with E-state index in [-0.39, 0.29) is 12.4 Å². The molecule has 2 nitrogen and oxygen atoms in total. The van der Waals surface area contributed by atoms with Gasteiger partial charge < -0.3 is 9.47 Å². The van der Waals surface area contributed by atoms with Gasteiger partial charge in [-0.1, -0.05) is 22.0 Å². The zero-order chi connectivity index (χ0) is 14.5. The van der Waals surface area contributed by atoms with Crippen molar-refractivity contribution in [1.82, 2.24) is 0 Å². The van der Waals surface area contributed by atoms with Crippen molar-refractivity contribution in [1.29, 1.82) is 0 Å². The number of alkyl halides is 1. The van der Waals surface area contributed by atoms with Gasteiger partial charge in [-0.15, -0.1) is 11.6 Å². The van der Waals surface area contributed by atoms with Crippen LogP contribution in [0.2, 0.25) is 0 Å². The maximum absolute atomic E-state index is 13.6. The van der Waals surface area contributed by atoms with Crippen molar-refractivity contribution in [3.8, 4) is 11.5 Å². The number of hydrogen-bond donors (Lipinski definition) is 0. The fourth-order valence-corrected chi connectivity index (χ4v) is 2.35. The Hall–Kier alpha value is -1.26. The zero-order valence-electron chi connectivity index (χ0n) is 10.8. The lowest BCUT2D eigenvalue weighted by Crippen LogP contribution is -2.01. The van der Waals surface area contributed by atoms with Crippen LogP contribution >= 0.6 is 27.5 Å². The lowest BCUT2D eigenvalue weighted by Gasteiger charge is -2.12. The van der Waals surface area contributed by atoms with Gasteiger partial charge in [0.25, 0.3) is 0 Å². The number of rotatable bonds is 5.